The van der Waals surface area contributed by atoms with Crippen molar-refractivity contribution in [2.45, 2.75) is 5.38 Å². The van der Waals surface area contributed by atoms with E-state index in [1.54, 1.807) is 11.8 Å². The predicted molar refractivity (Wildman–Crippen MR) is 67.9 cm³/mol. The fraction of sp³-hybridized carbons (Fsp3) is 0.273. The number of carbonyl (C=O) groups excluding carboxylic acids is 1. The first-order valence-electron chi connectivity index (χ1n) is 4.94. The lowest BCUT2D eigenvalue weighted by Crippen LogP contribution is -2.30. The summed E-state index contributed by atoms with van der Waals surface area (Å²) in [5, 5.41) is 2.73. The Balaban J connectivity index is 1.99. The van der Waals surface area contributed by atoms with Crippen LogP contribution in [0.4, 0.5) is 0 Å². The molecule has 0 radical (unpaired) electrons. The lowest BCUT2D eigenvalue weighted by molar-refractivity contribution is -0.119. The molecular formula is C11H11ClN2OS. The van der Waals surface area contributed by atoms with Crippen molar-refractivity contribution in [3.63, 3.8) is 0 Å². The summed E-state index contributed by atoms with van der Waals surface area (Å²) in [6.07, 6.45) is 0. The van der Waals surface area contributed by atoms with Crippen LogP contribution in [0.15, 0.2) is 35.3 Å². The Hall–Kier alpha value is -1.00. The number of nitrogens with zero attached hydrogens (tertiary/aromatic N) is 1. The van der Waals surface area contributed by atoms with Crippen molar-refractivity contribution in [1.82, 2.24) is 5.32 Å². The minimum atomic E-state index is -0.662. The molecule has 16 heavy (non-hydrogen) atoms. The maximum atomic E-state index is 11.8. The molecule has 1 aliphatic rings. The average molecular weight is 255 g/mol. The Labute approximate surface area is 103 Å². The number of aliphatic imine (C=N–C) groups is 1. The van der Waals surface area contributed by atoms with Crippen LogP contribution in [0.1, 0.15) is 10.9 Å². The summed E-state index contributed by atoms with van der Waals surface area (Å²) in [5.41, 5.74) is 0.797. The lowest BCUT2D eigenvalue weighted by atomic mass is 10.1. The fourth-order valence-corrected chi connectivity index (χ4v) is 2.28. The van der Waals surface area contributed by atoms with Crippen LogP contribution in [0.5, 0.6) is 0 Å². The van der Waals surface area contributed by atoms with E-state index >= 15 is 0 Å². The van der Waals surface area contributed by atoms with Gasteiger partial charge in [0.05, 0.1) is 6.54 Å². The molecule has 84 valence electrons. The summed E-state index contributed by atoms with van der Waals surface area (Å²) in [5.74, 6) is 0.703. The van der Waals surface area contributed by atoms with E-state index in [9.17, 15) is 4.79 Å². The Bertz CT molecular complexity index is 408. The van der Waals surface area contributed by atoms with E-state index in [1.807, 2.05) is 30.3 Å². The molecule has 0 aliphatic carbocycles. The van der Waals surface area contributed by atoms with E-state index in [0.29, 0.717) is 5.17 Å². The molecule has 1 aromatic carbocycles. The number of alkyl halides is 1. The lowest BCUT2D eigenvalue weighted by Gasteiger charge is -2.09. The Morgan fingerprint density at radius 2 is 2.19 bits per heavy atom. The highest BCUT2D eigenvalue weighted by atomic mass is 35.5. The van der Waals surface area contributed by atoms with Gasteiger partial charge in [-0.05, 0) is 5.56 Å². The van der Waals surface area contributed by atoms with E-state index in [0.717, 1.165) is 17.9 Å². The first-order valence-corrected chi connectivity index (χ1v) is 6.37. The maximum Gasteiger partial charge on any atom is 0.248 e. The monoisotopic (exact) mass is 254 g/mol. The van der Waals surface area contributed by atoms with Crippen LogP contribution in [-0.2, 0) is 4.79 Å². The molecule has 1 N–H and O–H groups in total. The number of thioether (sulfide) groups is 1. The molecule has 5 heteroatoms. The molecule has 0 aromatic heterocycles. The van der Waals surface area contributed by atoms with Crippen molar-refractivity contribution in [1.29, 1.82) is 0 Å². The number of hydrogen-bond acceptors (Lipinski definition) is 3. The van der Waals surface area contributed by atoms with Crippen LogP contribution in [0.3, 0.4) is 0 Å². The first-order chi connectivity index (χ1) is 7.77. The van der Waals surface area contributed by atoms with E-state index in [-0.39, 0.29) is 5.91 Å². The van der Waals surface area contributed by atoms with Gasteiger partial charge in [-0.25, -0.2) is 0 Å². The molecule has 2 rings (SSSR count). The Morgan fingerprint density at radius 1 is 1.44 bits per heavy atom. The van der Waals surface area contributed by atoms with Crippen LogP contribution in [0, 0.1) is 0 Å². The van der Waals surface area contributed by atoms with Crippen LogP contribution in [0.25, 0.3) is 0 Å². The molecule has 1 amide bonds. The standard InChI is InChI=1S/C11H11ClN2OS/c12-9(8-4-2-1-3-5-8)10(15)14-11-13-6-7-16-11/h1-5,9H,6-7H2,(H,13,14,15)/t9-/m1/s1. The quantitative estimate of drug-likeness (QED) is 0.822. The third kappa shape index (κ3) is 2.77. The fourth-order valence-electron chi connectivity index (χ4n) is 1.35. The zero-order chi connectivity index (χ0) is 11.4. The molecule has 0 saturated heterocycles. The van der Waals surface area contributed by atoms with Gasteiger partial charge < -0.3 is 5.32 Å². The minimum absolute atomic E-state index is 0.221. The van der Waals surface area contributed by atoms with Crippen LogP contribution < -0.4 is 5.32 Å². The number of halogens is 1. The molecule has 1 atom stereocenters. The van der Waals surface area contributed by atoms with Gasteiger partial charge in [-0.2, -0.15) is 0 Å². The third-order valence-electron chi connectivity index (χ3n) is 2.14. The van der Waals surface area contributed by atoms with Gasteiger partial charge in [0.1, 0.15) is 5.38 Å². The average Bonchev–Trinajstić information content (AvgIpc) is 2.82. The highest BCUT2D eigenvalue weighted by molar-refractivity contribution is 8.14. The second kappa shape index (κ2) is 5.37. The number of carbonyl (C=O) groups is 1. The molecule has 1 aliphatic heterocycles. The molecule has 3 nitrogen and oxygen atoms in total. The first kappa shape index (κ1) is 11.5. The van der Waals surface area contributed by atoms with E-state index in [2.05, 4.69) is 10.3 Å². The highest BCUT2D eigenvalue weighted by Crippen LogP contribution is 2.20. The summed E-state index contributed by atoms with van der Waals surface area (Å²) in [6, 6.07) is 9.28. The largest absolute Gasteiger partial charge is 0.304 e. The van der Waals surface area contributed by atoms with Crippen molar-refractivity contribution in [2.24, 2.45) is 4.99 Å². The zero-order valence-electron chi connectivity index (χ0n) is 8.52. The molecule has 0 bridgehead atoms. The number of hydrogen-bond donors (Lipinski definition) is 1. The zero-order valence-corrected chi connectivity index (χ0v) is 10.1. The van der Waals surface area contributed by atoms with Crippen molar-refractivity contribution < 1.29 is 4.79 Å². The van der Waals surface area contributed by atoms with Gasteiger partial charge in [-0.15, -0.1) is 11.6 Å². The molecular weight excluding hydrogens is 244 g/mol. The van der Waals surface area contributed by atoms with E-state index in [4.69, 9.17) is 11.6 Å². The smallest absolute Gasteiger partial charge is 0.248 e. The second-order valence-corrected chi connectivity index (χ2v) is 4.82. The van der Waals surface area contributed by atoms with Gasteiger partial charge in [-0.3, -0.25) is 9.79 Å². The molecule has 1 aromatic rings. The van der Waals surface area contributed by atoms with E-state index < -0.39 is 5.38 Å². The maximum absolute atomic E-state index is 11.8. The van der Waals surface area contributed by atoms with Gasteiger partial charge in [-0.1, -0.05) is 42.1 Å². The predicted octanol–water partition coefficient (Wildman–Crippen LogP) is 2.19. The number of amides is 1. The summed E-state index contributed by atoms with van der Waals surface area (Å²) in [7, 11) is 0. The van der Waals surface area contributed by atoms with Crippen molar-refractivity contribution in [3.8, 4) is 0 Å². The molecule has 0 saturated carbocycles. The van der Waals surface area contributed by atoms with Gasteiger partial charge >= 0.3 is 0 Å². The van der Waals surface area contributed by atoms with Crippen molar-refractivity contribution in [2.75, 3.05) is 12.3 Å². The van der Waals surface area contributed by atoms with Gasteiger partial charge in [0.25, 0.3) is 0 Å². The van der Waals surface area contributed by atoms with Gasteiger partial charge in [0, 0.05) is 5.75 Å². The topological polar surface area (TPSA) is 41.5 Å². The summed E-state index contributed by atoms with van der Waals surface area (Å²) >= 11 is 7.60. The second-order valence-electron chi connectivity index (χ2n) is 3.30. The number of rotatable bonds is 2. The third-order valence-corrected chi connectivity index (χ3v) is 3.48. The summed E-state index contributed by atoms with van der Waals surface area (Å²) in [6.45, 7) is 0.762. The Morgan fingerprint density at radius 3 is 2.81 bits per heavy atom. The normalized spacial score (nSPS) is 16.7. The number of nitrogens with one attached hydrogen (secondary N) is 1. The van der Waals surface area contributed by atoms with Gasteiger partial charge in [0.2, 0.25) is 5.91 Å². The molecule has 0 unspecified atom stereocenters. The highest BCUT2D eigenvalue weighted by Gasteiger charge is 2.19. The van der Waals surface area contributed by atoms with Crippen LogP contribution >= 0.6 is 23.4 Å². The van der Waals surface area contributed by atoms with E-state index in [1.165, 1.54) is 0 Å². The Kier molecular flexibility index (Phi) is 3.85. The van der Waals surface area contributed by atoms with Crippen LogP contribution in [0.2, 0.25) is 0 Å². The summed E-state index contributed by atoms with van der Waals surface area (Å²) in [4.78, 5) is 15.9. The molecule has 0 fully saturated rings. The minimum Gasteiger partial charge on any atom is -0.304 e. The van der Waals surface area contributed by atoms with Crippen molar-refractivity contribution in [3.05, 3.63) is 35.9 Å². The summed E-state index contributed by atoms with van der Waals surface area (Å²) < 4.78 is 0. The van der Waals surface area contributed by atoms with Crippen LogP contribution in [-0.4, -0.2) is 23.4 Å². The van der Waals surface area contributed by atoms with Gasteiger partial charge in [0.15, 0.2) is 5.17 Å². The number of amidine groups is 1. The molecule has 1 heterocycles. The SMILES string of the molecule is O=C(NC1=NCCS1)[C@H](Cl)c1ccccc1. The molecule has 0 spiro atoms. The van der Waals surface area contributed by atoms with Crippen molar-refractivity contribution >= 4 is 34.4 Å². The number of benzene rings is 1.